The molecule has 0 amide bonds. The Morgan fingerprint density at radius 2 is 1.95 bits per heavy atom. The van der Waals surface area contributed by atoms with Gasteiger partial charge in [0.2, 0.25) is 0 Å². The number of hydrogen-bond acceptors (Lipinski definition) is 2. The van der Waals surface area contributed by atoms with Gasteiger partial charge >= 0.3 is 0 Å². The van der Waals surface area contributed by atoms with Crippen molar-refractivity contribution in [3.63, 3.8) is 0 Å². The minimum atomic E-state index is -0.352. The highest BCUT2D eigenvalue weighted by atomic mass is 19.1. The first kappa shape index (κ1) is 15.1. The Morgan fingerprint density at radius 1 is 1.14 bits per heavy atom. The number of benzene rings is 2. The van der Waals surface area contributed by atoms with E-state index in [1.807, 2.05) is 24.3 Å². The van der Waals surface area contributed by atoms with Gasteiger partial charge in [-0.15, -0.1) is 0 Å². The molecule has 3 heteroatoms. The first-order chi connectivity index (χ1) is 10.2. The topological polar surface area (TPSA) is 29.5 Å². The van der Waals surface area contributed by atoms with Gasteiger partial charge in [0, 0.05) is 11.1 Å². The maximum Gasteiger partial charge on any atom is 0.124 e. The fourth-order valence-corrected chi connectivity index (χ4v) is 2.02. The SMILES string of the molecule is CCc1ccccc1OCc1ccc(F)cc1C#CCO. The summed E-state index contributed by atoms with van der Waals surface area (Å²) in [5.41, 5.74) is 2.46. The average molecular weight is 284 g/mol. The molecule has 0 fully saturated rings. The van der Waals surface area contributed by atoms with E-state index in [1.165, 1.54) is 12.1 Å². The summed E-state index contributed by atoms with van der Waals surface area (Å²) in [5, 5.41) is 8.77. The normalized spacial score (nSPS) is 9.86. The molecule has 0 saturated heterocycles. The van der Waals surface area contributed by atoms with Gasteiger partial charge in [0.1, 0.15) is 24.8 Å². The van der Waals surface area contributed by atoms with Crippen molar-refractivity contribution in [2.45, 2.75) is 20.0 Å². The van der Waals surface area contributed by atoms with Crippen LogP contribution in [0.3, 0.4) is 0 Å². The molecule has 0 aliphatic rings. The molecule has 108 valence electrons. The molecule has 0 spiro atoms. The quantitative estimate of drug-likeness (QED) is 0.873. The summed E-state index contributed by atoms with van der Waals surface area (Å²) in [7, 11) is 0. The van der Waals surface area contributed by atoms with Crippen LogP contribution in [0.5, 0.6) is 5.75 Å². The second kappa shape index (κ2) is 7.47. The molecule has 1 N–H and O–H groups in total. The van der Waals surface area contributed by atoms with Crippen molar-refractivity contribution in [2.24, 2.45) is 0 Å². The Morgan fingerprint density at radius 3 is 2.71 bits per heavy atom. The van der Waals surface area contributed by atoms with Crippen molar-refractivity contribution in [2.75, 3.05) is 6.61 Å². The smallest absolute Gasteiger partial charge is 0.124 e. The molecule has 0 atom stereocenters. The summed E-state index contributed by atoms with van der Waals surface area (Å²) in [6.07, 6.45) is 0.886. The van der Waals surface area contributed by atoms with Crippen LogP contribution in [0.15, 0.2) is 42.5 Å². The fraction of sp³-hybridized carbons (Fsp3) is 0.222. The molecule has 0 saturated carbocycles. The van der Waals surface area contributed by atoms with E-state index in [-0.39, 0.29) is 12.4 Å². The van der Waals surface area contributed by atoms with Gasteiger partial charge in [0.05, 0.1) is 0 Å². The summed E-state index contributed by atoms with van der Waals surface area (Å²) >= 11 is 0. The summed E-state index contributed by atoms with van der Waals surface area (Å²) in [6.45, 7) is 2.13. The molecule has 0 bridgehead atoms. The van der Waals surface area contributed by atoms with Gasteiger partial charge < -0.3 is 9.84 Å². The molecule has 0 unspecified atom stereocenters. The third-order valence-electron chi connectivity index (χ3n) is 3.11. The molecule has 2 aromatic carbocycles. The lowest BCUT2D eigenvalue weighted by Gasteiger charge is -2.11. The van der Waals surface area contributed by atoms with Crippen molar-refractivity contribution >= 4 is 0 Å². The number of aryl methyl sites for hydroxylation is 1. The van der Waals surface area contributed by atoms with Gasteiger partial charge in [-0.25, -0.2) is 4.39 Å². The number of halogens is 1. The van der Waals surface area contributed by atoms with E-state index in [2.05, 4.69) is 18.8 Å². The zero-order valence-electron chi connectivity index (χ0n) is 11.9. The first-order valence-corrected chi connectivity index (χ1v) is 6.83. The Bertz CT molecular complexity index is 668. The van der Waals surface area contributed by atoms with E-state index < -0.39 is 0 Å². The molecule has 0 aliphatic heterocycles. The van der Waals surface area contributed by atoms with Crippen LogP contribution in [0.4, 0.5) is 4.39 Å². The second-order valence-electron chi connectivity index (χ2n) is 4.51. The summed E-state index contributed by atoms with van der Waals surface area (Å²) in [6, 6.07) is 12.2. The minimum Gasteiger partial charge on any atom is -0.489 e. The average Bonchev–Trinajstić information content (AvgIpc) is 2.52. The lowest BCUT2D eigenvalue weighted by molar-refractivity contribution is 0.302. The highest BCUT2D eigenvalue weighted by Crippen LogP contribution is 2.20. The van der Waals surface area contributed by atoms with Crippen LogP contribution in [0.25, 0.3) is 0 Å². The molecule has 2 rings (SSSR count). The van der Waals surface area contributed by atoms with Crippen molar-refractivity contribution in [1.82, 2.24) is 0 Å². The van der Waals surface area contributed by atoms with Crippen molar-refractivity contribution in [3.8, 4) is 17.6 Å². The van der Waals surface area contributed by atoms with Gasteiger partial charge in [-0.1, -0.05) is 43.0 Å². The fourth-order valence-electron chi connectivity index (χ4n) is 2.02. The lowest BCUT2D eigenvalue weighted by Crippen LogP contribution is -2.01. The summed E-state index contributed by atoms with van der Waals surface area (Å²) in [4.78, 5) is 0. The van der Waals surface area contributed by atoms with E-state index in [0.717, 1.165) is 23.3 Å². The zero-order chi connectivity index (χ0) is 15.1. The molecule has 0 heterocycles. The van der Waals surface area contributed by atoms with Gasteiger partial charge in [-0.2, -0.15) is 0 Å². The van der Waals surface area contributed by atoms with Crippen LogP contribution in [-0.2, 0) is 13.0 Å². The van der Waals surface area contributed by atoms with E-state index in [1.54, 1.807) is 6.07 Å². The van der Waals surface area contributed by atoms with Gasteiger partial charge in [-0.05, 0) is 30.2 Å². The van der Waals surface area contributed by atoms with Crippen molar-refractivity contribution in [3.05, 3.63) is 65.0 Å². The second-order valence-corrected chi connectivity index (χ2v) is 4.51. The van der Waals surface area contributed by atoms with Crippen LogP contribution in [-0.4, -0.2) is 11.7 Å². The van der Waals surface area contributed by atoms with Gasteiger partial charge in [-0.3, -0.25) is 0 Å². The third kappa shape index (κ3) is 4.08. The third-order valence-corrected chi connectivity index (χ3v) is 3.11. The minimum absolute atomic E-state index is 0.254. The maximum absolute atomic E-state index is 13.3. The van der Waals surface area contributed by atoms with Gasteiger partial charge in [0.25, 0.3) is 0 Å². The van der Waals surface area contributed by atoms with Crippen LogP contribution >= 0.6 is 0 Å². The molecule has 2 nitrogen and oxygen atoms in total. The predicted octanol–water partition coefficient (Wildman–Crippen LogP) is 3.31. The van der Waals surface area contributed by atoms with Crippen LogP contribution in [0.2, 0.25) is 0 Å². The molecule has 0 aliphatic carbocycles. The maximum atomic E-state index is 13.3. The van der Waals surface area contributed by atoms with Crippen LogP contribution < -0.4 is 4.74 Å². The highest BCUT2D eigenvalue weighted by Gasteiger charge is 2.05. The largest absolute Gasteiger partial charge is 0.489 e. The van der Waals surface area contributed by atoms with E-state index in [4.69, 9.17) is 9.84 Å². The van der Waals surface area contributed by atoms with E-state index >= 15 is 0 Å². The Balaban J connectivity index is 2.20. The van der Waals surface area contributed by atoms with Crippen molar-refractivity contribution in [1.29, 1.82) is 0 Å². The predicted molar refractivity (Wildman–Crippen MR) is 80.5 cm³/mol. The van der Waals surface area contributed by atoms with Crippen molar-refractivity contribution < 1.29 is 14.2 Å². The van der Waals surface area contributed by atoms with Crippen LogP contribution in [0, 0.1) is 17.7 Å². The number of para-hydroxylation sites is 1. The Hall–Kier alpha value is -2.31. The molecule has 21 heavy (non-hydrogen) atoms. The number of aliphatic hydroxyl groups is 1. The first-order valence-electron chi connectivity index (χ1n) is 6.83. The van der Waals surface area contributed by atoms with E-state index in [9.17, 15) is 4.39 Å². The molecule has 2 aromatic rings. The molecular weight excluding hydrogens is 267 g/mol. The van der Waals surface area contributed by atoms with Crippen LogP contribution in [0.1, 0.15) is 23.6 Å². The summed E-state index contributed by atoms with van der Waals surface area (Å²) < 4.78 is 19.1. The monoisotopic (exact) mass is 284 g/mol. The Kier molecular flexibility index (Phi) is 5.36. The molecule has 0 radical (unpaired) electrons. The molecular formula is C18H17FO2. The molecule has 0 aromatic heterocycles. The number of rotatable bonds is 4. The van der Waals surface area contributed by atoms with E-state index in [0.29, 0.717) is 12.2 Å². The highest BCUT2D eigenvalue weighted by molar-refractivity contribution is 5.42. The lowest BCUT2D eigenvalue weighted by atomic mass is 10.1. The number of aliphatic hydroxyl groups excluding tert-OH is 1. The Labute approximate surface area is 124 Å². The standard InChI is InChI=1S/C18H17FO2/c1-2-14-6-3-4-8-18(14)21-13-16-9-10-17(19)12-15(16)7-5-11-20/h3-4,6,8-10,12,20H,2,11,13H2,1H3. The number of hydrogen-bond donors (Lipinski definition) is 1. The van der Waals surface area contributed by atoms with Gasteiger partial charge in [0.15, 0.2) is 0 Å². The zero-order valence-corrected chi connectivity index (χ0v) is 11.9. The number of ether oxygens (including phenoxy) is 1. The summed E-state index contributed by atoms with van der Waals surface area (Å²) in [5.74, 6) is 5.76.